The number of rotatable bonds is 5. The Morgan fingerprint density at radius 1 is 1.37 bits per heavy atom. The van der Waals surface area contributed by atoms with Crippen molar-refractivity contribution in [1.82, 2.24) is 5.32 Å². The van der Waals surface area contributed by atoms with E-state index >= 15 is 0 Å². The highest BCUT2D eigenvalue weighted by Gasteiger charge is 2.31. The molecule has 0 aromatic heterocycles. The zero-order valence-electron chi connectivity index (χ0n) is 11.2. The van der Waals surface area contributed by atoms with Crippen LogP contribution in [0.15, 0.2) is 18.2 Å². The van der Waals surface area contributed by atoms with Gasteiger partial charge in [0.1, 0.15) is 0 Å². The molecule has 0 aliphatic carbocycles. The van der Waals surface area contributed by atoms with Crippen molar-refractivity contribution in [3.63, 3.8) is 0 Å². The third-order valence-electron chi connectivity index (χ3n) is 3.66. The Morgan fingerprint density at radius 3 is 2.74 bits per heavy atom. The molecule has 1 aromatic rings. The molecule has 0 bridgehead atoms. The summed E-state index contributed by atoms with van der Waals surface area (Å²) in [5.41, 5.74) is 0.748. The molecule has 0 atom stereocenters. The smallest absolute Gasteiger partial charge is 0.160 e. The quantitative estimate of drug-likeness (QED) is 0.743. The fraction of sp³-hybridized carbons (Fsp3) is 0.571. The molecule has 0 saturated carbocycles. The average Bonchev–Trinajstić information content (AvgIpc) is 2.47. The number of phenolic OH excluding ortho intramolecular Hbond substituents is 1. The summed E-state index contributed by atoms with van der Waals surface area (Å²) >= 11 is 0. The predicted octanol–water partition coefficient (Wildman–Crippen LogP) is 1.03. The van der Waals surface area contributed by atoms with Gasteiger partial charge in [0.05, 0.1) is 13.7 Å². The Balaban J connectivity index is 2.00. The molecule has 0 unspecified atom stereocenters. The number of aromatic hydroxyl groups is 1. The van der Waals surface area contributed by atoms with Crippen molar-refractivity contribution >= 4 is 0 Å². The molecule has 5 heteroatoms. The van der Waals surface area contributed by atoms with Crippen LogP contribution in [0.2, 0.25) is 0 Å². The van der Waals surface area contributed by atoms with Crippen LogP contribution in [0, 0.1) is 0 Å². The summed E-state index contributed by atoms with van der Waals surface area (Å²) in [6, 6.07) is 5.26. The molecule has 1 saturated heterocycles. The second-order valence-corrected chi connectivity index (χ2v) is 4.91. The van der Waals surface area contributed by atoms with Gasteiger partial charge in [-0.2, -0.15) is 0 Å². The van der Waals surface area contributed by atoms with E-state index < -0.39 is 0 Å². The van der Waals surface area contributed by atoms with Gasteiger partial charge in [-0.1, -0.05) is 6.07 Å². The molecule has 5 nitrogen and oxygen atoms in total. The third kappa shape index (κ3) is 3.37. The Morgan fingerprint density at radius 2 is 2.11 bits per heavy atom. The summed E-state index contributed by atoms with van der Waals surface area (Å²) in [7, 11) is 1.53. The van der Waals surface area contributed by atoms with Crippen LogP contribution >= 0.6 is 0 Å². The van der Waals surface area contributed by atoms with Crippen LogP contribution in [0.3, 0.4) is 0 Å². The van der Waals surface area contributed by atoms with E-state index in [9.17, 15) is 10.2 Å². The lowest BCUT2D eigenvalue weighted by Gasteiger charge is -2.36. The van der Waals surface area contributed by atoms with Crippen molar-refractivity contribution in [3.8, 4) is 11.5 Å². The first-order valence-corrected chi connectivity index (χ1v) is 6.49. The first kappa shape index (κ1) is 14.1. The highest BCUT2D eigenvalue weighted by atomic mass is 16.5. The maximum absolute atomic E-state index is 9.58. The molecule has 19 heavy (non-hydrogen) atoms. The van der Waals surface area contributed by atoms with Crippen LogP contribution in [0.25, 0.3) is 0 Å². The minimum atomic E-state index is -0.261. The highest BCUT2D eigenvalue weighted by molar-refractivity contribution is 5.41. The average molecular weight is 267 g/mol. The molecule has 1 aromatic carbocycles. The van der Waals surface area contributed by atoms with Crippen LogP contribution < -0.4 is 10.1 Å². The number of methoxy groups -OCH3 is 1. The number of ether oxygens (including phenoxy) is 2. The van der Waals surface area contributed by atoms with Gasteiger partial charge in [0.25, 0.3) is 0 Å². The van der Waals surface area contributed by atoms with Gasteiger partial charge in [0.2, 0.25) is 0 Å². The van der Waals surface area contributed by atoms with Crippen LogP contribution in [0.4, 0.5) is 0 Å². The first-order valence-electron chi connectivity index (χ1n) is 6.49. The fourth-order valence-electron chi connectivity index (χ4n) is 2.27. The summed E-state index contributed by atoms with van der Waals surface area (Å²) in [5, 5.41) is 22.5. The van der Waals surface area contributed by atoms with Crippen LogP contribution in [0.1, 0.15) is 18.4 Å². The fourth-order valence-corrected chi connectivity index (χ4v) is 2.27. The Bertz CT molecular complexity index is 416. The van der Waals surface area contributed by atoms with Gasteiger partial charge in [-0.05, 0) is 30.5 Å². The molecule has 0 amide bonds. The molecule has 2 rings (SSSR count). The predicted molar refractivity (Wildman–Crippen MR) is 71.4 cm³/mol. The van der Waals surface area contributed by atoms with E-state index in [4.69, 9.17) is 9.47 Å². The summed E-state index contributed by atoms with van der Waals surface area (Å²) in [6.07, 6.45) is 1.61. The summed E-state index contributed by atoms with van der Waals surface area (Å²) < 4.78 is 10.4. The minimum absolute atomic E-state index is 0.103. The van der Waals surface area contributed by atoms with E-state index in [0.717, 1.165) is 18.4 Å². The van der Waals surface area contributed by atoms with Gasteiger partial charge < -0.3 is 25.0 Å². The molecular weight excluding hydrogens is 246 g/mol. The molecule has 0 radical (unpaired) electrons. The summed E-state index contributed by atoms with van der Waals surface area (Å²) in [4.78, 5) is 0. The van der Waals surface area contributed by atoms with E-state index in [1.807, 2.05) is 6.07 Å². The topological polar surface area (TPSA) is 71.0 Å². The van der Waals surface area contributed by atoms with E-state index in [1.54, 1.807) is 12.1 Å². The number of phenols is 1. The van der Waals surface area contributed by atoms with Crippen molar-refractivity contribution in [3.05, 3.63) is 23.8 Å². The van der Waals surface area contributed by atoms with Crippen LogP contribution in [0.5, 0.6) is 11.5 Å². The number of benzene rings is 1. The van der Waals surface area contributed by atoms with Crippen LogP contribution in [-0.2, 0) is 11.3 Å². The molecule has 1 aliphatic heterocycles. The summed E-state index contributed by atoms with van der Waals surface area (Å²) in [5.74, 6) is 0.596. The maximum atomic E-state index is 9.58. The standard InChI is InChI=1S/C14H21NO4/c1-18-13-8-11(2-3-12(13)17)9-15-14(10-16)4-6-19-7-5-14/h2-3,8,15-17H,4-7,9-10H2,1H3. The number of aliphatic hydroxyl groups excluding tert-OH is 1. The van der Waals surface area contributed by atoms with Crippen molar-refractivity contribution in [2.45, 2.75) is 24.9 Å². The molecule has 106 valence electrons. The normalized spacial score (nSPS) is 18.2. The van der Waals surface area contributed by atoms with Gasteiger partial charge in [-0.3, -0.25) is 0 Å². The summed E-state index contributed by atoms with van der Waals surface area (Å²) in [6.45, 7) is 2.07. The lowest BCUT2D eigenvalue weighted by Crippen LogP contribution is -2.51. The molecule has 1 fully saturated rings. The third-order valence-corrected chi connectivity index (χ3v) is 3.66. The molecular formula is C14H21NO4. The van der Waals surface area contributed by atoms with Crippen molar-refractivity contribution < 1.29 is 19.7 Å². The lowest BCUT2D eigenvalue weighted by atomic mass is 9.90. The van der Waals surface area contributed by atoms with E-state index in [-0.39, 0.29) is 17.9 Å². The van der Waals surface area contributed by atoms with Crippen molar-refractivity contribution in [2.75, 3.05) is 26.9 Å². The molecule has 1 heterocycles. The van der Waals surface area contributed by atoms with Crippen molar-refractivity contribution in [1.29, 1.82) is 0 Å². The van der Waals surface area contributed by atoms with Crippen molar-refractivity contribution in [2.24, 2.45) is 0 Å². The van der Waals surface area contributed by atoms with E-state index in [1.165, 1.54) is 7.11 Å². The second kappa shape index (κ2) is 6.23. The number of hydrogen-bond donors (Lipinski definition) is 3. The largest absolute Gasteiger partial charge is 0.504 e. The van der Waals surface area contributed by atoms with E-state index in [0.29, 0.717) is 25.5 Å². The zero-order valence-corrected chi connectivity index (χ0v) is 11.2. The van der Waals surface area contributed by atoms with Crippen LogP contribution in [-0.4, -0.2) is 42.7 Å². The van der Waals surface area contributed by atoms with Gasteiger partial charge in [-0.15, -0.1) is 0 Å². The number of aliphatic hydroxyl groups is 1. The lowest BCUT2D eigenvalue weighted by molar-refractivity contribution is 0.0111. The SMILES string of the molecule is COc1cc(CNC2(CO)CCOCC2)ccc1O. The molecule has 0 spiro atoms. The number of hydrogen-bond acceptors (Lipinski definition) is 5. The Hall–Kier alpha value is -1.30. The first-order chi connectivity index (χ1) is 9.19. The minimum Gasteiger partial charge on any atom is -0.504 e. The van der Waals surface area contributed by atoms with Gasteiger partial charge >= 0.3 is 0 Å². The Labute approximate surface area is 113 Å². The maximum Gasteiger partial charge on any atom is 0.160 e. The monoisotopic (exact) mass is 267 g/mol. The zero-order chi connectivity index (χ0) is 13.7. The van der Waals surface area contributed by atoms with Gasteiger partial charge in [0, 0.05) is 25.3 Å². The van der Waals surface area contributed by atoms with Gasteiger partial charge in [0.15, 0.2) is 11.5 Å². The molecule has 1 aliphatic rings. The Kier molecular flexibility index (Phi) is 4.63. The van der Waals surface area contributed by atoms with E-state index in [2.05, 4.69) is 5.32 Å². The molecule has 3 N–H and O–H groups in total. The van der Waals surface area contributed by atoms with Gasteiger partial charge in [-0.25, -0.2) is 0 Å². The second-order valence-electron chi connectivity index (χ2n) is 4.91. The number of nitrogens with one attached hydrogen (secondary N) is 1. The highest BCUT2D eigenvalue weighted by Crippen LogP contribution is 2.27.